The first-order valence-corrected chi connectivity index (χ1v) is 15.3. The number of carbonyl (C=O) groups excluding carboxylic acids is 2. The quantitative estimate of drug-likeness (QED) is 0.314. The van der Waals surface area contributed by atoms with Crippen LogP contribution in [-0.2, 0) is 26.2 Å². The smallest absolute Gasteiger partial charge is 0.264 e. The lowest BCUT2D eigenvalue weighted by atomic mass is 10.0. The van der Waals surface area contributed by atoms with Crippen LogP contribution in [0.25, 0.3) is 0 Å². The van der Waals surface area contributed by atoms with Crippen LogP contribution in [0.3, 0.4) is 0 Å². The van der Waals surface area contributed by atoms with Crippen LogP contribution in [0.15, 0.2) is 83.8 Å². The van der Waals surface area contributed by atoms with E-state index in [1.165, 1.54) is 17.0 Å². The fourth-order valence-electron chi connectivity index (χ4n) is 4.50. The number of ether oxygens (including phenoxy) is 1. The predicted octanol–water partition coefficient (Wildman–Crippen LogP) is 5.31. The first-order chi connectivity index (χ1) is 19.4. The molecule has 41 heavy (non-hydrogen) atoms. The highest BCUT2D eigenvalue weighted by molar-refractivity contribution is 7.92. The Morgan fingerprint density at radius 3 is 2.15 bits per heavy atom. The molecule has 0 saturated heterocycles. The van der Waals surface area contributed by atoms with Gasteiger partial charge in [-0.15, -0.1) is 0 Å². The summed E-state index contributed by atoms with van der Waals surface area (Å²) in [6.45, 7) is 11.4. The van der Waals surface area contributed by atoms with Crippen LogP contribution in [0.4, 0.5) is 5.69 Å². The molecule has 0 heterocycles. The average molecular weight is 580 g/mol. The lowest BCUT2D eigenvalue weighted by Crippen LogP contribution is -2.55. The number of benzene rings is 3. The van der Waals surface area contributed by atoms with Gasteiger partial charge in [-0.05, 0) is 83.0 Å². The Balaban J connectivity index is 2.04. The van der Waals surface area contributed by atoms with E-state index in [1.807, 2.05) is 65.8 Å². The number of aryl methyl sites for hydroxylation is 1. The van der Waals surface area contributed by atoms with Crippen LogP contribution in [-0.4, -0.2) is 49.9 Å². The Morgan fingerprint density at radius 2 is 1.59 bits per heavy atom. The van der Waals surface area contributed by atoms with E-state index in [0.717, 1.165) is 15.4 Å². The molecule has 9 heteroatoms. The third-order valence-corrected chi connectivity index (χ3v) is 8.15. The second kappa shape index (κ2) is 13.7. The van der Waals surface area contributed by atoms with E-state index < -0.39 is 34.1 Å². The van der Waals surface area contributed by atoms with E-state index in [-0.39, 0.29) is 17.3 Å². The highest BCUT2D eigenvalue weighted by Gasteiger charge is 2.34. The van der Waals surface area contributed by atoms with E-state index in [0.29, 0.717) is 24.5 Å². The predicted molar refractivity (Wildman–Crippen MR) is 162 cm³/mol. The zero-order chi connectivity index (χ0) is 30.2. The molecule has 1 atom stereocenters. The van der Waals surface area contributed by atoms with Crippen LogP contribution < -0.4 is 14.4 Å². The number of hydrogen-bond acceptors (Lipinski definition) is 5. The molecule has 1 N–H and O–H groups in total. The van der Waals surface area contributed by atoms with E-state index in [1.54, 1.807) is 42.5 Å². The van der Waals surface area contributed by atoms with Gasteiger partial charge in [0.25, 0.3) is 10.0 Å². The summed E-state index contributed by atoms with van der Waals surface area (Å²) in [5.41, 5.74) is 1.71. The highest BCUT2D eigenvalue weighted by Crippen LogP contribution is 2.26. The van der Waals surface area contributed by atoms with Crippen molar-refractivity contribution in [3.05, 3.63) is 90.0 Å². The zero-order valence-corrected chi connectivity index (χ0v) is 25.6. The number of para-hydroxylation sites is 1. The number of rotatable bonds is 12. The first kappa shape index (κ1) is 31.7. The van der Waals surface area contributed by atoms with E-state index in [4.69, 9.17) is 4.74 Å². The van der Waals surface area contributed by atoms with Crippen molar-refractivity contribution in [2.45, 2.75) is 71.0 Å². The van der Waals surface area contributed by atoms with Crippen molar-refractivity contribution >= 4 is 27.5 Å². The molecule has 3 rings (SSSR count). The van der Waals surface area contributed by atoms with Gasteiger partial charge in [-0.1, -0.05) is 55.0 Å². The summed E-state index contributed by atoms with van der Waals surface area (Å²) in [5.74, 6) is -0.226. The standard InChI is InChI=1S/C32H41N3O5S/c1-7-29(31(37)33-32(4,5)6)34(22-25-14-12-13-24(3)21-25)30(36)23-35(26-15-10-9-11-16-26)41(38,39)28-19-17-27(18-20-28)40-8-2/h9-21,29H,7-8,22-23H2,1-6H3,(H,33,37). The summed E-state index contributed by atoms with van der Waals surface area (Å²) in [4.78, 5) is 29.0. The SMILES string of the molecule is CCOc1ccc(S(=O)(=O)N(CC(=O)N(Cc2cccc(C)c2)C(CC)C(=O)NC(C)(C)C)c2ccccc2)cc1. The van der Waals surface area contributed by atoms with Gasteiger partial charge >= 0.3 is 0 Å². The van der Waals surface area contributed by atoms with Crippen molar-refractivity contribution in [1.82, 2.24) is 10.2 Å². The van der Waals surface area contributed by atoms with Gasteiger partial charge in [0.2, 0.25) is 11.8 Å². The number of amides is 2. The van der Waals surface area contributed by atoms with Crippen LogP contribution in [0.1, 0.15) is 52.2 Å². The van der Waals surface area contributed by atoms with Crippen molar-refractivity contribution in [2.75, 3.05) is 17.5 Å². The molecule has 0 aliphatic rings. The van der Waals surface area contributed by atoms with Crippen LogP contribution in [0.2, 0.25) is 0 Å². The van der Waals surface area contributed by atoms with E-state index in [9.17, 15) is 18.0 Å². The molecule has 0 spiro atoms. The normalized spacial score (nSPS) is 12.3. The monoisotopic (exact) mass is 579 g/mol. The Kier molecular flexibility index (Phi) is 10.6. The van der Waals surface area contributed by atoms with Gasteiger partial charge in [-0.25, -0.2) is 8.42 Å². The molecule has 0 aliphatic carbocycles. The van der Waals surface area contributed by atoms with Gasteiger partial charge in [0.15, 0.2) is 0 Å². The molecular weight excluding hydrogens is 538 g/mol. The minimum atomic E-state index is -4.15. The van der Waals surface area contributed by atoms with Crippen molar-refractivity contribution in [3.8, 4) is 5.75 Å². The average Bonchev–Trinajstić information content (AvgIpc) is 2.91. The molecule has 2 amide bonds. The van der Waals surface area contributed by atoms with E-state index in [2.05, 4.69) is 5.32 Å². The summed E-state index contributed by atoms with van der Waals surface area (Å²) >= 11 is 0. The molecule has 3 aromatic rings. The van der Waals surface area contributed by atoms with E-state index >= 15 is 0 Å². The maximum Gasteiger partial charge on any atom is 0.264 e. The van der Waals surface area contributed by atoms with Crippen molar-refractivity contribution in [1.29, 1.82) is 0 Å². The molecule has 1 unspecified atom stereocenters. The summed E-state index contributed by atoms with van der Waals surface area (Å²) in [6, 6.07) is 21.5. The number of nitrogens with one attached hydrogen (secondary N) is 1. The largest absolute Gasteiger partial charge is 0.494 e. The van der Waals surface area contributed by atoms with Gasteiger partial charge in [-0.3, -0.25) is 13.9 Å². The van der Waals surface area contributed by atoms with Crippen molar-refractivity contribution < 1.29 is 22.7 Å². The summed E-state index contributed by atoms with van der Waals surface area (Å²) < 4.78 is 34.5. The Morgan fingerprint density at radius 1 is 0.927 bits per heavy atom. The lowest BCUT2D eigenvalue weighted by Gasteiger charge is -2.34. The van der Waals surface area contributed by atoms with Crippen molar-refractivity contribution in [3.63, 3.8) is 0 Å². The zero-order valence-electron chi connectivity index (χ0n) is 24.8. The van der Waals surface area contributed by atoms with Crippen molar-refractivity contribution in [2.24, 2.45) is 0 Å². The minimum absolute atomic E-state index is 0.0281. The molecule has 0 radical (unpaired) electrons. The Labute approximate surface area is 244 Å². The highest BCUT2D eigenvalue weighted by atomic mass is 32.2. The fraction of sp³-hybridized carbons (Fsp3) is 0.375. The maximum atomic E-state index is 14.1. The fourth-order valence-corrected chi connectivity index (χ4v) is 5.92. The minimum Gasteiger partial charge on any atom is -0.494 e. The third-order valence-electron chi connectivity index (χ3n) is 6.37. The molecule has 0 aliphatic heterocycles. The molecular formula is C32H41N3O5S. The van der Waals surface area contributed by atoms with Gasteiger partial charge in [0.05, 0.1) is 17.2 Å². The molecule has 8 nitrogen and oxygen atoms in total. The lowest BCUT2D eigenvalue weighted by molar-refractivity contribution is -0.141. The van der Waals surface area contributed by atoms with Gasteiger partial charge in [-0.2, -0.15) is 0 Å². The Hall–Kier alpha value is -3.85. The molecule has 0 fully saturated rings. The van der Waals surface area contributed by atoms with Crippen LogP contribution in [0, 0.1) is 6.92 Å². The molecule has 0 aromatic heterocycles. The van der Waals surface area contributed by atoms with Gasteiger partial charge in [0, 0.05) is 12.1 Å². The van der Waals surface area contributed by atoms with Crippen LogP contribution >= 0.6 is 0 Å². The number of anilines is 1. The maximum absolute atomic E-state index is 14.1. The number of hydrogen-bond donors (Lipinski definition) is 1. The number of sulfonamides is 1. The summed E-state index contributed by atoms with van der Waals surface area (Å²) in [6.07, 6.45) is 0.358. The third kappa shape index (κ3) is 8.57. The summed E-state index contributed by atoms with van der Waals surface area (Å²) in [5, 5.41) is 2.98. The summed E-state index contributed by atoms with van der Waals surface area (Å²) in [7, 11) is -4.15. The topological polar surface area (TPSA) is 96.0 Å². The second-order valence-electron chi connectivity index (χ2n) is 10.9. The molecule has 0 bridgehead atoms. The van der Waals surface area contributed by atoms with Gasteiger partial charge in [0.1, 0.15) is 18.3 Å². The molecule has 220 valence electrons. The second-order valence-corrected chi connectivity index (χ2v) is 12.8. The van der Waals surface area contributed by atoms with Crippen LogP contribution in [0.5, 0.6) is 5.75 Å². The number of nitrogens with zero attached hydrogens (tertiary/aromatic N) is 2. The molecule has 0 saturated carbocycles. The Bertz CT molecular complexity index is 1420. The molecule has 3 aromatic carbocycles. The van der Waals surface area contributed by atoms with Gasteiger partial charge < -0.3 is 15.0 Å². The number of carbonyl (C=O) groups is 2. The first-order valence-electron chi connectivity index (χ1n) is 13.8.